The van der Waals surface area contributed by atoms with Gasteiger partial charge in [0, 0.05) is 0 Å². The molecule has 4 nitrogen and oxygen atoms in total. The van der Waals surface area contributed by atoms with E-state index in [1.807, 2.05) is 48.5 Å². The van der Waals surface area contributed by atoms with Crippen molar-refractivity contribution in [3.63, 3.8) is 0 Å². The van der Waals surface area contributed by atoms with E-state index in [1.165, 1.54) is 0 Å². The van der Waals surface area contributed by atoms with Crippen LogP contribution < -0.4 is 0 Å². The maximum absolute atomic E-state index is 5.55. The summed E-state index contributed by atoms with van der Waals surface area (Å²) in [6, 6.07) is 15.1. The van der Waals surface area contributed by atoms with Gasteiger partial charge in [-0.2, -0.15) is 0 Å². The van der Waals surface area contributed by atoms with Crippen molar-refractivity contribution in [3.05, 3.63) is 66.7 Å². The first-order valence-corrected chi connectivity index (χ1v) is 5.87. The molecule has 0 fully saturated rings. The minimum absolute atomic E-state index is 0.368. The van der Waals surface area contributed by atoms with Crippen molar-refractivity contribution in [3.8, 4) is 0 Å². The molecule has 0 atom stereocenters. The van der Waals surface area contributed by atoms with Crippen LogP contribution in [-0.4, -0.2) is 9.97 Å². The molecule has 2 aromatic heterocycles. The van der Waals surface area contributed by atoms with E-state index in [4.69, 9.17) is 8.83 Å². The molecule has 0 saturated heterocycles. The molecule has 0 aliphatic rings. The number of para-hydroxylation sites is 4. The van der Waals surface area contributed by atoms with Gasteiger partial charge in [0.1, 0.15) is 11.0 Å². The molecular formula is C15H8N2O2. The molecule has 0 unspecified atom stereocenters. The first kappa shape index (κ1) is 10.3. The maximum atomic E-state index is 5.55. The van der Waals surface area contributed by atoms with Crippen LogP contribution in [0.1, 0.15) is 11.8 Å². The van der Waals surface area contributed by atoms with Crippen molar-refractivity contribution in [2.24, 2.45) is 0 Å². The van der Waals surface area contributed by atoms with Gasteiger partial charge in [-0.05, 0) is 24.3 Å². The van der Waals surface area contributed by atoms with Crippen molar-refractivity contribution >= 4 is 22.2 Å². The van der Waals surface area contributed by atoms with Crippen LogP contribution in [0.25, 0.3) is 22.2 Å². The zero-order chi connectivity index (χ0) is 12.7. The number of fused-ring (bicyclic) bond motifs is 2. The predicted molar refractivity (Wildman–Crippen MR) is 69.5 cm³/mol. The van der Waals surface area contributed by atoms with E-state index in [2.05, 4.69) is 16.4 Å². The van der Waals surface area contributed by atoms with Gasteiger partial charge < -0.3 is 8.83 Å². The van der Waals surface area contributed by atoms with Crippen molar-refractivity contribution in [1.82, 2.24) is 9.97 Å². The van der Waals surface area contributed by atoms with Crippen LogP contribution in [0.3, 0.4) is 0 Å². The molecule has 0 aliphatic heterocycles. The fourth-order valence-electron chi connectivity index (χ4n) is 1.94. The second kappa shape index (κ2) is 3.95. The van der Waals surface area contributed by atoms with Crippen molar-refractivity contribution < 1.29 is 8.83 Å². The molecule has 0 saturated carbocycles. The highest BCUT2D eigenvalue weighted by Crippen LogP contribution is 2.21. The molecule has 2 aromatic carbocycles. The summed E-state index contributed by atoms with van der Waals surface area (Å²) in [7, 11) is 0. The quantitative estimate of drug-likeness (QED) is 0.545. The molecule has 4 rings (SSSR count). The number of oxazole rings is 2. The Balaban J connectivity index is 1.73. The highest BCUT2D eigenvalue weighted by atomic mass is 16.4. The Bertz CT molecular complexity index is 722. The molecule has 0 bridgehead atoms. The smallest absolute Gasteiger partial charge is 0.214 e. The Hall–Kier alpha value is -2.62. The Morgan fingerprint density at radius 3 is 1.63 bits per heavy atom. The molecule has 4 heteroatoms. The molecule has 2 radical (unpaired) electrons. The lowest BCUT2D eigenvalue weighted by atomic mass is 10.3. The molecule has 2 heterocycles. The van der Waals surface area contributed by atoms with Gasteiger partial charge in [-0.3, -0.25) is 0 Å². The third-order valence-electron chi connectivity index (χ3n) is 2.80. The van der Waals surface area contributed by atoms with Crippen molar-refractivity contribution in [2.75, 3.05) is 0 Å². The Morgan fingerprint density at radius 1 is 0.684 bits per heavy atom. The van der Waals surface area contributed by atoms with Crippen LogP contribution in [0.4, 0.5) is 0 Å². The standard InChI is InChI=1S/C15H8N2O2/c1-3-7-12-10(5-1)16-14(18-12)9-15-17-11-6-2-4-8-13(11)19-15/h1-8H. The van der Waals surface area contributed by atoms with Crippen LogP contribution in [-0.2, 0) is 0 Å². The number of aromatic nitrogens is 2. The Kier molecular flexibility index (Phi) is 2.14. The van der Waals surface area contributed by atoms with Crippen LogP contribution in [0.15, 0.2) is 57.4 Å². The minimum Gasteiger partial charge on any atom is -0.439 e. The van der Waals surface area contributed by atoms with E-state index in [1.54, 1.807) is 0 Å². The first-order valence-electron chi connectivity index (χ1n) is 5.87. The molecule has 90 valence electrons. The van der Waals surface area contributed by atoms with E-state index in [-0.39, 0.29) is 0 Å². The highest BCUT2D eigenvalue weighted by molar-refractivity contribution is 5.73. The highest BCUT2D eigenvalue weighted by Gasteiger charge is 2.12. The zero-order valence-corrected chi connectivity index (χ0v) is 9.83. The molecule has 0 spiro atoms. The van der Waals surface area contributed by atoms with Crippen LogP contribution in [0.5, 0.6) is 0 Å². The van der Waals surface area contributed by atoms with Gasteiger partial charge in [-0.25, -0.2) is 9.97 Å². The first-order chi connectivity index (χ1) is 9.38. The van der Waals surface area contributed by atoms with Gasteiger partial charge in [0.2, 0.25) is 11.8 Å². The second-order valence-electron chi connectivity index (χ2n) is 4.10. The van der Waals surface area contributed by atoms with Gasteiger partial charge in [-0.1, -0.05) is 24.3 Å². The molecular weight excluding hydrogens is 240 g/mol. The molecule has 0 aliphatic carbocycles. The third-order valence-corrected chi connectivity index (χ3v) is 2.80. The summed E-state index contributed by atoms with van der Waals surface area (Å²) in [4.78, 5) is 8.60. The van der Waals surface area contributed by atoms with Crippen LogP contribution >= 0.6 is 0 Å². The summed E-state index contributed by atoms with van der Waals surface area (Å²) in [5.41, 5.74) is 3.03. The number of benzene rings is 2. The number of hydrogen-bond acceptors (Lipinski definition) is 4. The van der Waals surface area contributed by atoms with Crippen molar-refractivity contribution in [2.45, 2.75) is 0 Å². The summed E-state index contributed by atoms with van der Waals surface area (Å²) in [5.74, 6) is 0.737. The molecule has 4 aromatic rings. The van der Waals surface area contributed by atoms with E-state index in [0.29, 0.717) is 11.8 Å². The number of nitrogens with zero attached hydrogens (tertiary/aromatic N) is 2. The van der Waals surface area contributed by atoms with Gasteiger partial charge >= 0.3 is 0 Å². The molecule has 0 N–H and O–H groups in total. The maximum Gasteiger partial charge on any atom is 0.214 e. The fourth-order valence-corrected chi connectivity index (χ4v) is 1.94. The second-order valence-corrected chi connectivity index (χ2v) is 4.10. The topological polar surface area (TPSA) is 52.1 Å². The largest absolute Gasteiger partial charge is 0.439 e. The van der Waals surface area contributed by atoms with Crippen LogP contribution in [0.2, 0.25) is 0 Å². The van der Waals surface area contributed by atoms with E-state index in [9.17, 15) is 0 Å². The summed E-state index contributed by atoms with van der Waals surface area (Å²) in [6.07, 6.45) is 2.93. The normalized spacial score (nSPS) is 11.4. The van der Waals surface area contributed by atoms with Crippen molar-refractivity contribution in [1.29, 1.82) is 0 Å². The fraction of sp³-hybridized carbons (Fsp3) is 0. The van der Waals surface area contributed by atoms with Gasteiger partial charge in [0.15, 0.2) is 17.6 Å². The lowest BCUT2D eigenvalue weighted by molar-refractivity contribution is 0.532. The monoisotopic (exact) mass is 248 g/mol. The SMILES string of the molecule is [C](c1nc2ccccc2o1)c1nc2ccccc2o1. The van der Waals surface area contributed by atoms with Crippen LogP contribution in [0, 0.1) is 6.42 Å². The summed E-state index contributed by atoms with van der Waals surface area (Å²) in [6.45, 7) is 0. The third kappa shape index (κ3) is 1.78. The number of rotatable bonds is 2. The summed E-state index contributed by atoms with van der Waals surface area (Å²) < 4.78 is 11.1. The zero-order valence-electron chi connectivity index (χ0n) is 9.83. The van der Waals surface area contributed by atoms with E-state index < -0.39 is 0 Å². The lowest BCUT2D eigenvalue weighted by Gasteiger charge is -1.86. The Morgan fingerprint density at radius 2 is 1.16 bits per heavy atom. The predicted octanol–water partition coefficient (Wildman–Crippen LogP) is 3.45. The average Bonchev–Trinajstić information content (AvgIpc) is 3.00. The summed E-state index contributed by atoms with van der Waals surface area (Å²) >= 11 is 0. The van der Waals surface area contributed by atoms with Gasteiger partial charge in [-0.15, -0.1) is 0 Å². The minimum atomic E-state index is 0.368. The lowest BCUT2D eigenvalue weighted by Crippen LogP contribution is -1.84. The molecule has 19 heavy (non-hydrogen) atoms. The average molecular weight is 248 g/mol. The van der Waals surface area contributed by atoms with Gasteiger partial charge in [0.25, 0.3) is 0 Å². The Labute approximate surface area is 108 Å². The number of hydrogen-bond donors (Lipinski definition) is 0. The van der Waals surface area contributed by atoms with E-state index in [0.717, 1.165) is 22.2 Å². The molecule has 0 amide bonds. The summed E-state index contributed by atoms with van der Waals surface area (Å²) in [5, 5.41) is 0. The van der Waals surface area contributed by atoms with Gasteiger partial charge in [0.05, 0.1) is 0 Å². The van der Waals surface area contributed by atoms with E-state index >= 15 is 0 Å².